The van der Waals surface area contributed by atoms with Gasteiger partial charge in [0.25, 0.3) is 5.91 Å². The van der Waals surface area contributed by atoms with E-state index in [1.54, 1.807) is 49.6 Å². The summed E-state index contributed by atoms with van der Waals surface area (Å²) in [6, 6.07) is 26.3. The highest BCUT2D eigenvalue weighted by atomic mass is 19.4. The number of carbonyl (C=O) groups excluding carboxylic acids is 1. The number of methoxy groups -OCH3 is 1. The van der Waals surface area contributed by atoms with Gasteiger partial charge in [0, 0.05) is 23.9 Å². The van der Waals surface area contributed by atoms with Gasteiger partial charge in [-0.3, -0.25) is 4.79 Å². The number of nitrogens with one attached hydrogen (secondary N) is 1. The number of rotatable bonds is 10. The molecular weight excluding hydrogens is 569 g/mol. The SMILES string of the molecule is COc1ccc2ccccc2c1C(OCC1CC1)c1cccc(NC(=O)c2cc(C(F)(F)F)nn2-c2cccc(CN)c2)c1. The average Bonchev–Trinajstić information content (AvgIpc) is 3.74. The van der Waals surface area contributed by atoms with Crippen LogP contribution in [0, 0.1) is 5.92 Å². The summed E-state index contributed by atoms with van der Waals surface area (Å²) < 4.78 is 54.4. The van der Waals surface area contributed by atoms with Gasteiger partial charge in [-0.15, -0.1) is 0 Å². The van der Waals surface area contributed by atoms with Gasteiger partial charge in [0.1, 0.15) is 17.5 Å². The highest BCUT2D eigenvalue weighted by Crippen LogP contribution is 2.41. The summed E-state index contributed by atoms with van der Waals surface area (Å²) >= 11 is 0. The summed E-state index contributed by atoms with van der Waals surface area (Å²) in [5.41, 5.74) is 7.29. The van der Waals surface area contributed by atoms with E-state index in [0.717, 1.165) is 45.5 Å². The van der Waals surface area contributed by atoms with E-state index in [2.05, 4.69) is 10.4 Å². The highest BCUT2D eigenvalue weighted by molar-refractivity contribution is 6.03. The topological polar surface area (TPSA) is 91.4 Å². The number of benzene rings is 4. The molecule has 1 unspecified atom stereocenters. The van der Waals surface area contributed by atoms with Crippen molar-refractivity contribution >= 4 is 22.4 Å². The summed E-state index contributed by atoms with van der Waals surface area (Å²) in [4.78, 5) is 13.5. The Morgan fingerprint density at radius 2 is 1.82 bits per heavy atom. The number of halogens is 3. The maximum atomic E-state index is 13.7. The van der Waals surface area contributed by atoms with Gasteiger partial charge < -0.3 is 20.5 Å². The normalized spacial score (nSPS) is 14.0. The fourth-order valence-electron chi connectivity index (χ4n) is 5.26. The van der Waals surface area contributed by atoms with Crippen molar-refractivity contribution in [2.24, 2.45) is 11.7 Å². The van der Waals surface area contributed by atoms with Crippen molar-refractivity contribution in [1.29, 1.82) is 0 Å². The van der Waals surface area contributed by atoms with Crippen molar-refractivity contribution in [3.8, 4) is 11.4 Å². The number of alkyl halides is 3. The Bertz CT molecular complexity index is 1810. The minimum Gasteiger partial charge on any atom is -0.496 e. The van der Waals surface area contributed by atoms with Crippen LogP contribution >= 0.6 is 0 Å². The van der Waals surface area contributed by atoms with Crippen LogP contribution < -0.4 is 15.8 Å². The van der Waals surface area contributed by atoms with Crippen LogP contribution in [0.2, 0.25) is 0 Å². The Balaban J connectivity index is 1.37. The molecule has 5 aromatic rings. The molecular formula is C34H31F3N4O3. The first-order chi connectivity index (χ1) is 21.2. The summed E-state index contributed by atoms with van der Waals surface area (Å²) in [6.45, 7) is 0.746. The molecule has 10 heteroatoms. The Hall–Kier alpha value is -4.67. The Labute approximate surface area is 252 Å². The minimum absolute atomic E-state index is 0.182. The van der Waals surface area contributed by atoms with Crippen LogP contribution in [0.1, 0.15) is 51.8 Å². The quantitative estimate of drug-likeness (QED) is 0.176. The van der Waals surface area contributed by atoms with Crippen molar-refractivity contribution in [3.05, 3.63) is 119 Å². The molecule has 1 aromatic heterocycles. The Morgan fingerprint density at radius 1 is 1.02 bits per heavy atom. The van der Waals surface area contributed by atoms with Gasteiger partial charge in [0.15, 0.2) is 5.69 Å². The molecule has 1 aliphatic rings. The lowest BCUT2D eigenvalue weighted by Gasteiger charge is -2.23. The van der Waals surface area contributed by atoms with E-state index in [9.17, 15) is 18.0 Å². The molecule has 1 aliphatic carbocycles. The van der Waals surface area contributed by atoms with E-state index in [4.69, 9.17) is 15.2 Å². The van der Waals surface area contributed by atoms with Gasteiger partial charge in [-0.25, -0.2) is 4.68 Å². The maximum absolute atomic E-state index is 13.7. The molecule has 1 amide bonds. The zero-order valence-corrected chi connectivity index (χ0v) is 24.0. The summed E-state index contributed by atoms with van der Waals surface area (Å²) in [7, 11) is 1.61. The monoisotopic (exact) mass is 600 g/mol. The van der Waals surface area contributed by atoms with Crippen molar-refractivity contribution in [3.63, 3.8) is 0 Å². The second kappa shape index (κ2) is 12.1. The molecule has 1 saturated carbocycles. The number of hydrogen-bond donors (Lipinski definition) is 2. The van der Waals surface area contributed by atoms with E-state index in [1.165, 1.54) is 0 Å². The second-order valence-corrected chi connectivity index (χ2v) is 10.8. The van der Waals surface area contributed by atoms with Gasteiger partial charge in [0.05, 0.1) is 19.4 Å². The van der Waals surface area contributed by atoms with Crippen LogP contribution in [-0.2, 0) is 17.5 Å². The average molecular weight is 601 g/mol. The number of ether oxygens (including phenoxy) is 2. The number of fused-ring (bicyclic) bond motifs is 1. The zero-order chi connectivity index (χ0) is 30.8. The zero-order valence-electron chi connectivity index (χ0n) is 24.0. The fraction of sp³-hybridized carbons (Fsp3) is 0.235. The van der Waals surface area contributed by atoms with Crippen molar-refractivity contribution in [1.82, 2.24) is 9.78 Å². The third-order valence-electron chi connectivity index (χ3n) is 7.68. The third kappa shape index (κ3) is 6.17. The molecule has 7 nitrogen and oxygen atoms in total. The van der Waals surface area contributed by atoms with E-state index in [0.29, 0.717) is 35.2 Å². The number of hydrogen-bond acceptors (Lipinski definition) is 5. The molecule has 0 aliphatic heterocycles. The van der Waals surface area contributed by atoms with Crippen molar-refractivity contribution in [2.75, 3.05) is 19.0 Å². The molecule has 6 rings (SSSR count). The highest BCUT2D eigenvalue weighted by Gasteiger charge is 2.36. The van der Waals surface area contributed by atoms with Crippen LogP contribution in [0.4, 0.5) is 18.9 Å². The van der Waals surface area contributed by atoms with E-state index >= 15 is 0 Å². The van der Waals surface area contributed by atoms with Crippen LogP contribution in [0.5, 0.6) is 5.75 Å². The summed E-state index contributed by atoms with van der Waals surface area (Å²) in [5.74, 6) is 0.408. The molecule has 0 radical (unpaired) electrons. The lowest BCUT2D eigenvalue weighted by atomic mass is 9.94. The molecule has 1 atom stereocenters. The van der Waals surface area contributed by atoms with Crippen molar-refractivity contribution in [2.45, 2.75) is 31.7 Å². The number of anilines is 1. The number of amides is 1. The van der Waals surface area contributed by atoms with E-state index < -0.39 is 23.9 Å². The second-order valence-electron chi connectivity index (χ2n) is 10.8. The van der Waals surface area contributed by atoms with Crippen LogP contribution in [0.15, 0.2) is 91.0 Å². The standard InChI is InChI=1S/C34H31F3N4O3/c1-43-29-15-14-23-7-2-3-11-27(23)31(29)32(44-20-21-12-13-21)24-8-5-9-25(17-24)39-33(42)28-18-30(34(35,36)37)40-41(28)26-10-4-6-22(16-26)19-38/h2-11,14-18,21,32H,12-13,19-20,38H2,1H3,(H,39,42). The van der Waals surface area contributed by atoms with Gasteiger partial charge in [-0.2, -0.15) is 18.3 Å². The number of aromatic nitrogens is 2. The van der Waals surface area contributed by atoms with E-state index in [-0.39, 0.29) is 12.2 Å². The first-order valence-electron chi connectivity index (χ1n) is 14.3. The number of carbonyl (C=O) groups is 1. The minimum atomic E-state index is -4.74. The lowest BCUT2D eigenvalue weighted by Crippen LogP contribution is -2.17. The Morgan fingerprint density at radius 3 is 2.57 bits per heavy atom. The largest absolute Gasteiger partial charge is 0.496 e. The van der Waals surface area contributed by atoms with Gasteiger partial charge in [-0.1, -0.05) is 54.6 Å². The Kier molecular flexibility index (Phi) is 8.11. The van der Waals surface area contributed by atoms with Gasteiger partial charge in [-0.05, 0) is 71.0 Å². The predicted octanol–water partition coefficient (Wildman–Crippen LogP) is 7.28. The summed E-state index contributed by atoms with van der Waals surface area (Å²) in [6.07, 6.45) is -3.04. The molecule has 0 spiro atoms. The van der Waals surface area contributed by atoms with Gasteiger partial charge in [0.2, 0.25) is 0 Å². The third-order valence-corrected chi connectivity index (χ3v) is 7.68. The number of nitrogens with zero attached hydrogens (tertiary/aromatic N) is 2. The molecule has 0 saturated heterocycles. The molecule has 3 N–H and O–H groups in total. The first kappa shape index (κ1) is 29.4. The molecule has 1 heterocycles. The lowest BCUT2D eigenvalue weighted by molar-refractivity contribution is -0.141. The first-order valence-corrected chi connectivity index (χ1v) is 14.3. The van der Waals surface area contributed by atoms with E-state index in [1.807, 2.05) is 42.5 Å². The van der Waals surface area contributed by atoms with Crippen LogP contribution in [0.3, 0.4) is 0 Å². The smallest absolute Gasteiger partial charge is 0.435 e. The molecule has 226 valence electrons. The van der Waals surface area contributed by atoms with Crippen LogP contribution in [0.25, 0.3) is 16.5 Å². The molecule has 4 aromatic carbocycles. The van der Waals surface area contributed by atoms with Crippen LogP contribution in [-0.4, -0.2) is 29.4 Å². The maximum Gasteiger partial charge on any atom is 0.435 e. The fourth-order valence-corrected chi connectivity index (χ4v) is 5.26. The molecule has 0 bridgehead atoms. The number of nitrogens with two attached hydrogens (primary N) is 1. The van der Waals surface area contributed by atoms with Crippen molar-refractivity contribution < 1.29 is 27.4 Å². The molecule has 44 heavy (non-hydrogen) atoms. The van der Waals surface area contributed by atoms with Gasteiger partial charge >= 0.3 is 6.18 Å². The molecule has 1 fully saturated rings. The predicted molar refractivity (Wildman–Crippen MR) is 162 cm³/mol. The summed E-state index contributed by atoms with van der Waals surface area (Å²) in [5, 5.41) is 8.50.